The molecule has 5 nitrogen and oxygen atoms in total. The van der Waals surface area contributed by atoms with Gasteiger partial charge in [0, 0.05) is 24.2 Å². The fourth-order valence-electron chi connectivity index (χ4n) is 4.47. The molecule has 43 heavy (non-hydrogen) atoms. The molecule has 0 fully saturated rings. The summed E-state index contributed by atoms with van der Waals surface area (Å²) in [5.41, 5.74) is 3.93. The molecule has 0 spiro atoms. The third kappa shape index (κ3) is 8.76. The summed E-state index contributed by atoms with van der Waals surface area (Å²) in [6, 6.07) is 30.4. The third-order valence-electron chi connectivity index (χ3n) is 6.69. The molecule has 220 valence electrons. The molecule has 5 rings (SSSR count). The molecule has 1 heterocycles. The van der Waals surface area contributed by atoms with Gasteiger partial charge in [0.1, 0.15) is 23.1 Å². The largest absolute Gasteiger partial charge is 0.489 e. The maximum Gasteiger partial charge on any atom is 0.416 e. The average molecular weight is 602 g/mol. The number of nitrogens with zero attached hydrogens (tertiary/aromatic N) is 2. The number of rotatable bonds is 11. The first-order valence-corrected chi connectivity index (χ1v) is 14.6. The van der Waals surface area contributed by atoms with Crippen molar-refractivity contribution in [1.29, 1.82) is 0 Å². The van der Waals surface area contributed by atoms with Crippen molar-refractivity contribution in [1.82, 2.24) is 9.88 Å². The summed E-state index contributed by atoms with van der Waals surface area (Å²) >= 11 is 1.34. The maximum absolute atomic E-state index is 13.4. The lowest BCUT2D eigenvalue weighted by atomic mass is 10.1. The van der Waals surface area contributed by atoms with Gasteiger partial charge in [-0.3, -0.25) is 9.69 Å². The van der Waals surface area contributed by atoms with Crippen LogP contribution in [0.3, 0.4) is 0 Å². The number of carbonyl (C=O) groups excluding carboxylic acids is 1. The Hall–Kier alpha value is -4.47. The minimum absolute atomic E-state index is 0.265. The van der Waals surface area contributed by atoms with Crippen LogP contribution in [0.5, 0.6) is 5.75 Å². The molecule has 0 radical (unpaired) electrons. The SMILES string of the molecule is Cc1ccc(NC(=O)c2csc(CN(Cc3ccc(OCc4ccccc4)cc3)Cc3cccc(C(F)(F)F)c3)n2)cc1. The number of nitrogens with one attached hydrogen (secondary N) is 1. The molecule has 1 aromatic heterocycles. The van der Waals surface area contributed by atoms with Gasteiger partial charge in [-0.05, 0) is 53.9 Å². The van der Waals surface area contributed by atoms with Crippen molar-refractivity contribution in [3.8, 4) is 5.75 Å². The Labute approximate surface area is 252 Å². The Kier molecular flexibility index (Phi) is 9.54. The Morgan fingerprint density at radius 3 is 2.26 bits per heavy atom. The fourth-order valence-corrected chi connectivity index (χ4v) is 5.29. The lowest BCUT2D eigenvalue weighted by Gasteiger charge is -2.22. The number of aryl methyl sites for hydroxylation is 1. The van der Waals surface area contributed by atoms with E-state index in [4.69, 9.17) is 4.74 Å². The van der Waals surface area contributed by atoms with Crippen LogP contribution in [0.4, 0.5) is 18.9 Å². The zero-order valence-electron chi connectivity index (χ0n) is 23.5. The van der Waals surface area contributed by atoms with Crippen LogP contribution in [0.25, 0.3) is 0 Å². The topological polar surface area (TPSA) is 54.5 Å². The van der Waals surface area contributed by atoms with E-state index in [2.05, 4.69) is 10.3 Å². The van der Waals surface area contributed by atoms with Crippen molar-refractivity contribution in [3.63, 3.8) is 0 Å². The molecule has 4 aromatic carbocycles. The number of alkyl halides is 3. The van der Waals surface area contributed by atoms with E-state index in [1.165, 1.54) is 23.5 Å². The second-order valence-electron chi connectivity index (χ2n) is 10.2. The number of hydrogen-bond acceptors (Lipinski definition) is 5. The van der Waals surface area contributed by atoms with Crippen molar-refractivity contribution in [2.45, 2.75) is 39.3 Å². The highest BCUT2D eigenvalue weighted by molar-refractivity contribution is 7.09. The average Bonchev–Trinajstić information content (AvgIpc) is 3.47. The summed E-state index contributed by atoms with van der Waals surface area (Å²) in [5, 5.41) is 5.23. The molecular weight excluding hydrogens is 571 g/mol. The first-order chi connectivity index (χ1) is 20.7. The van der Waals surface area contributed by atoms with Crippen molar-refractivity contribution in [2.24, 2.45) is 0 Å². The predicted octanol–water partition coefficient (Wildman–Crippen LogP) is 8.50. The molecule has 0 aliphatic rings. The minimum atomic E-state index is -4.43. The zero-order chi connectivity index (χ0) is 30.2. The van der Waals surface area contributed by atoms with Crippen LogP contribution in [0, 0.1) is 6.92 Å². The summed E-state index contributed by atoms with van der Waals surface area (Å²) in [6.45, 7) is 3.49. The molecule has 0 saturated heterocycles. The number of anilines is 1. The molecule has 0 unspecified atom stereocenters. The highest BCUT2D eigenvalue weighted by Gasteiger charge is 2.30. The Morgan fingerprint density at radius 1 is 0.837 bits per heavy atom. The Bertz CT molecular complexity index is 1640. The van der Waals surface area contributed by atoms with Gasteiger partial charge in [0.25, 0.3) is 5.91 Å². The molecule has 5 aromatic rings. The second kappa shape index (κ2) is 13.7. The Morgan fingerprint density at radius 2 is 1.53 bits per heavy atom. The van der Waals surface area contributed by atoms with Gasteiger partial charge in [-0.2, -0.15) is 13.2 Å². The number of halogens is 3. The maximum atomic E-state index is 13.4. The second-order valence-corrected chi connectivity index (χ2v) is 11.2. The van der Waals surface area contributed by atoms with Crippen LogP contribution < -0.4 is 10.1 Å². The van der Waals surface area contributed by atoms with Crippen molar-refractivity contribution in [3.05, 3.63) is 147 Å². The monoisotopic (exact) mass is 601 g/mol. The number of carbonyl (C=O) groups is 1. The summed E-state index contributed by atoms with van der Waals surface area (Å²) in [5.74, 6) is 0.406. The van der Waals surface area contributed by atoms with Crippen LogP contribution >= 0.6 is 11.3 Å². The lowest BCUT2D eigenvalue weighted by molar-refractivity contribution is -0.137. The van der Waals surface area contributed by atoms with Crippen LogP contribution in [-0.4, -0.2) is 15.8 Å². The van der Waals surface area contributed by atoms with E-state index in [9.17, 15) is 18.0 Å². The number of benzene rings is 4. The van der Waals surface area contributed by atoms with Crippen LogP contribution in [0.15, 0.2) is 109 Å². The molecule has 0 atom stereocenters. The molecule has 1 amide bonds. The third-order valence-corrected chi connectivity index (χ3v) is 7.52. The van der Waals surface area contributed by atoms with E-state index in [1.807, 2.05) is 90.7 Å². The van der Waals surface area contributed by atoms with Gasteiger partial charge in [-0.1, -0.05) is 78.4 Å². The molecule has 9 heteroatoms. The summed E-state index contributed by atoms with van der Waals surface area (Å²) in [7, 11) is 0. The number of aromatic nitrogens is 1. The van der Waals surface area contributed by atoms with Crippen molar-refractivity contribution < 1.29 is 22.7 Å². The highest BCUT2D eigenvalue weighted by atomic mass is 32.1. The molecule has 0 aliphatic carbocycles. The van der Waals surface area contributed by atoms with E-state index in [1.54, 1.807) is 11.4 Å². The molecule has 0 saturated carbocycles. The van der Waals surface area contributed by atoms with E-state index in [-0.39, 0.29) is 12.5 Å². The first kappa shape index (κ1) is 30.0. The van der Waals surface area contributed by atoms with Gasteiger partial charge in [-0.25, -0.2) is 4.98 Å². The van der Waals surface area contributed by atoms with Gasteiger partial charge in [0.05, 0.1) is 12.1 Å². The summed E-state index contributed by atoms with van der Waals surface area (Å²) < 4.78 is 46.1. The number of hydrogen-bond donors (Lipinski definition) is 1. The van der Waals surface area contributed by atoms with Crippen LogP contribution in [0.1, 0.15) is 43.3 Å². The number of ether oxygens (including phenoxy) is 1. The summed E-state index contributed by atoms with van der Waals surface area (Å²) in [6.07, 6.45) is -4.43. The van der Waals surface area contributed by atoms with Gasteiger partial charge in [0.15, 0.2) is 0 Å². The number of thiazole rings is 1. The molecule has 1 N–H and O–H groups in total. The van der Waals surface area contributed by atoms with E-state index >= 15 is 0 Å². The van der Waals surface area contributed by atoms with E-state index < -0.39 is 11.7 Å². The van der Waals surface area contributed by atoms with Gasteiger partial charge >= 0.3 is 6.18 Å². The quantitative estimate of drug-likeness (QED) is 0.165. The van der Waals surface area contributed by atoms with Gasteiger partial charge < -0.3 is 10.1 Å². The predicted molar refractivity (Wildman–Crippen MR) is 163 cm³/mol. The molecular formula is C34H30F3N3O2S. The fraction of sp³-hybridized carbons (Fsp3) is 0.176. The minimum Gasteiger partial charge on any atom is -0.489 e. The molecule has 0 aliphatic heterocycles. The van der Waals surface area contributed by atoms with Crippen molar-refractivity contribution >= 4 is 22.9 Å². The van der Waals surface area contributed by atoms with Crippen LogP contribution in [-0.2, 0) is 32.4 Å². The zero-order valence-corrected chi connectivity index (χ0v) is 24.3. The summed E-state index contributed by atoms with van der Waals surface area (Å²) in [4.78, 5) is 19.3. The van der Waals surface area contributed by atoms with Gasteiger partial charge in [0.2, 0.25) is 0 Å². The highest BCUT2D eigenvalue weighted by Crippen LogP contribution is 2.30. The molecule has 0 bridgehead atoms. The smallest absolute Gasteiger partial charge is 0.416 e. The standard InChI is InChI=1S/C34H30F3N3O2S/c1-24-10-14-29(15-11-24)38-33(41)31-23-43-32(39-31)21-40(20-27-8-5-9-28(18-27)34(35,36)37)19-25-12-16-30(17-13-25)42-22-26-6-3-2-4-7-26/h2-18,23H,19-22H2,1H3,(H,38,41). The van der Waals surface area contributed by atoms with E-state index in [0.717, 1.165) is 28.5 Å². The van der Waals surface area contributed by atoms with E-state index in [0.29, 0.717) is 41.6 Å². The van der Waals surface area contributed by atoms with Gasteiger partial charge in [-0.15, -0.1) is 11.3 Å². The van der Waals surface area contributed by atoms with Crippen LogP contribution in [0.2, 0.25) is 0 Å². The Balaban J connectivity index is 1.29. The lowest BCUT2D eigenvalue weighted by Crippen LogP contribution is -2.23. The van der Waals surface area contributed by atoms with Crippen molar-refractivity contribution in [2.75, 3.05) is 5.32 Å². The number of amides is 1. The first-order valence-electron chi connectivity index (χ1n) is 13.7. The normalized spacial score (nSPS) is 11.5.